The van der Waals surface area contributed by atoms with Crippen LogP contribution < -0.4 is 0 Å². The van der Waals surface area contributed by atoms with Gasteiger partial charge < -0.3 is 4.74 Å². The second-order valence-electron chi connectivity index (χ2n) is 4.34. The molecule has 0 aromatic heterocycles. The number of hydrogen-bond donors (Lipinski definition) is 0. The van der Waals surface area contributed by atoms with Gasteiger partial charge in [0.05, 0.1) is 12.5 Å². The van der Waals surface area contributed by atoms with Gasteiger partial charge in [-0.1, -0.05) is 44.2 Å². The maximum atomic E-state index is 11.9. The number of benzene rings is 1. The molecular formula is C14H20O2. The van der Waals surface area contributed by atoms with Gasteiger partial charge in [-0.15, -0.1) is 0 Å². The topological polar surface area (TPSA) is 26.3 Å². The molecule has 1 aromatic rings. The van der Waals surface area contributed by atoms with E-state index in [1.54, 1.807) is 0 Å². The Morgan fingerprint density at radius 3 is 2.38 bits per heavy atom. The third-order valence-electron chi connectivity index (χ3n) is 2.48. The summed E-state index contributed by atoms with van der Waals surface area (Å²) in [5.74, 6) is 0.248. The molecule has 2 heteroatoms. The van der Waals surface area contributed by atoms with Crippen molar-refractivity contribution >= 4 is 5.97 Å². The summed E-state index contributed by atoms with van der Waals surface area (Å²) in [6.45, 7) is 6.53. The lowest BCUT2D eigenvalue weighted by Gasteiger charge is -2.17. The van der Waals surface area contributed by atoms with Crippen LogP contribution in [0.15, 0.2) is 30.3 Å². The fourth-order valence-electron chi connectivity index (χ4n) is 1.77. The lowest BCUT2D eigenvalue weighted by atomic mass is 9.90. The molecule has 16 heavy (non-hydrogen) atoms. The van der Waals surface area contributed by atoms with Gasteiger partial charge in [0.15, 0.2) is 0 Å². The lowest BCUT2D eigenvalue weighted by Crippen LogP contribution is -2.17. The quantitative estimate of drug-likeness (QED) is 0.711. The molecule has 0 amide bonds. The van der Waals surface area contributed by atoms with Gasteiger partial charge in [0.25, 0.3) is 0 Å². The average molecular weight is 220 g/mol. The summed E-state index contributed by atoms with van der Waals surface area (Å²) in [7, 11) is 0. The van der Waals surface area contributed by atoms with Gasteiger partial charge in [-0.3, -0.25) is 4.79 Å². The molecule has 1 rings (SSSR count). The first-order valence-corrected chi connectivity index (χ1v) is 5.86. The number of carbonyl (C=O) groups excluding carboxylic acids is 1. The van der Waals surface area contributed by atoms with E-state index < -0.39 is 0 Å². The predicted octanol–water partition coefficient (Wildman–Crippen LogP) is 3.38. The van der Waals surface area contributed by atoms with Crippen molar-refractivity contribution in [2.75, 3.05) is 6.61 Å². The van der Waals surface area contributed by atoms with Crippen molar-refractivity contribution in [3.05, 3.63) is 35.9 Å². The normalized spacial score (nSPS) is 12.5. The highest BCUT2D eigenvalue weighted by Crippen LogP contribution is 2.25. The summed E-state index contributed by atoms with van der Waals surface area (Å²) < 4.78 is 5.12. The fourth-order valence-corrected chi connectivity index (χ4v) is 1.77. The summed E-state index contributed by atoms with van der Waals surface area (Å²) >= 11 is 0. The maximum absolute atomic E-state index is 11.9. The number of hydrogen-bond acceptors (Lipinski definition) is 2. The molecule has 0 spiro atoms. The van der Waals surface area contributed by atoms with E-state index in [-0.39, 0.29) is 11.9 Å². The van der Waals surface area contributed by atoms with E-state index in [4.69, 9.17) is 4.74 Å². The van der Waals surface area contributed by atoms with Crippen LogP contribution in [0.4, 0.5) is 0 Å². The third kappa shape index (κ3) is 3.69. The zero-order valence-electron chi connectivity index (χ0n) is 10.3. The van der Waals surface area contributed by atoms with Crippen molar-refractivity contribution in [1.82, 2.24) is 0 Å². The minimum absolute atomic E-state index is 0.109. The molecule has 0 heterocycles. The van der Waals surface area contributed by atoms with E-state index >= 15 is 0 Å². The summed E-state index contributed by atoms with van der Waals surface area (Å²) in [5.41, 5.74) is 1.05. The van der Waals surface area contributed by atoms with Crippen LogP contribution in [0, 0.1) is 5.92 Å². The smallest absolute Gasteiger partial charge is 0.313 e. The van der Waals surface area contributed by atoms with Crippen LogP contribution in [0.5, 0.6) is 0 Å². The Morgan fingerprint density at radius 1 is 1.25 bits per heavy atom. The lowest BCUT2D eigenvalue weighted by molar-refractivity contribution is -0.145. The van der Waals surface area contributed by atoms with Gasteiger partial charge in [0.2, 0.25) is 0 Å². The maximum Gasteiger partial charge on any atom is 0.313 e. The number of rotatable bonds is 5. The van der Waals surface area contributed by atoms with Gasteiger partial charge in [-0.05, 0) is 24.8 Å². The van der Waals surface area contributed by atoms with E-state index in [9.17, 15) is 4.79 Å². The van der Waals surface area contributed by atoms with Gasteiger partial charge in [0.1, 0.15) is 0 Å². The molecule has 0 aliphatic heterocycles. The largest absolute Gasteiger partial charge is 0.466 e. The van der Waals surface area contributed by atoms with Crippen molar-refractivity contribution in [3.8, 4) is 0 Å². The molecule has 1 aromatic carbocycles. The first-order valence-electron chi connectivity index (χ1n) is 5.86. The molecule has 2 nitrogen and oxygen atoms in total. The molecule has 0 saturated carbocycles. The molecule has 0 fully saturated rings. The average Bonchev–Trinajstić information content (AvgIpc) is 2.27. The van der Waals surface area contributed by atoms with Gasteiger partial charge in [-0.25, -0.2) is 0 Å². The molecule has 0 aliphatic rings. The van der Waals surface area contributed by atoms with Crippen molar-refractivity contribution in [1.29, 1.82) is 0 Å². The minimum Gasteiger partial charge on any atom is -0.466 e. The molecule has 1 unspecified atom stereocenters. The highest BCUT2D eigenvalue weighted by Gasteiger charge is 2.22. The Hall–Kier alpha value is -1.31. The van der Waals surface area contributed by atoms with Crippen LogP contribution in [0.3, 0.4) is 0 Å². The van der Waals surface area contributed by atoms with Crippen molar-refractivity contribution in [3.63, 3.8) is 0 Å². The van der Waals surface area contributed by atoms with Crippen LogP contribution in [0.25, 0.3) is 0 Å². The first kappa shape index (κ1) is 12.8. The summed E-state index contributed by atoms with van der Waals surface area (Å²) in [6.07, 6.45) is 0.836. The van der Waals surface area contributed by atoms with E-state index in [0.717, 1.165) is 12.0 Å². The molecule has 1 atom stereocenters. The Labute approximate surface area is 97.6 Å². The Morgan fingerprint density at radius 2 is 1.88 bits per heavy atom. The monoisotopic (exact) mass is 220 g/mol. The molecule has 0 radical (unpaired) electrons. The number of esters is 1. The molecule has 0 N–H and O–H groups in total. The van der Waals surface area contributed by atoms with Gasteiger partial charge in [0, 0.05) is 0 Å². The molecule has 0 saturated heterocycles. The summed E-state index contributed by atoms with van der Waals surface area (Å²) in [5, 5.41) is 0. The predicted molar refractivity (Wildman–Crippen MR) is 65.3 cm³/mol. The zero-order valence-corrected chi connectivity index (χ0v) is 10.3. The zero-order chi connectivity index (χ0) is 12.0. The Kier molecular flexibility index (Phi) is 5.03. The highest BCUT2D eigenvalue weighted by molar-refractivity contribution is 5.78. The standard InChI is InChI=1S/C14H20O2/c1-4-16-14(15)13(10-11(2)3)12-8-6-5-7-9-12/h5-9,11,13H,4,10H2,1-3H3. The first-order chi connectivity index (χ1) is 7.65. The van der Waals surface area contributed by atoms with E-state index in [1.165, 1.54) is 0 Å². The Balaban J connectivity index is 2.83. The number of ether oxygens (including phenoxy) is 1. The van der Waals surface area contributed by atoms with Crippen LogP contribution in [-0.2, 0) is 9.53 Å². The van der Waals surface area contributed by atoms with E-state index in [2.05, 4.69) is 13.8 Å². The van der Waals surface area contributed by atoms with Crippen LogP contribution >= 0.6 is 0 Å². The Bertz CT molecular complexity index is 317. The second-order valence-corrected chi connectivity index (χ2v) is 4.34. The molecule has 0 bridgehead atoms. The van der Waals surface area contributed by atoms with Gasteiger partial charge >= 0.3 is 5.97 Å². The SMILES string of the molecule is CCOC(=O)C(CC(C)C)c1ccccc1. The van der Waals surface area contributed by atoms with Crippen molar-refractivity contribution in [2.24, 2.45) is 5.92 Å². The molecular weight excluding hydrogens is 200 g/mol. The van der Waals surface area contributed by atoms with E-state index in [0.29, 0.717) is 12.5 Å². The molecule has 88 valence electrons. The van der Waals surface area contributed by atoms with Crippen LogP contribution in [0.1, 0.15) is 38.7 Å². The second kappa shape index (κ2) is 6.31. The molecule has 0 aliphatic carbocycles. The number of carbonyl (C=O) groups is 1. The summed E-state index contributed by atoms with van der Waals surface area (Å²) in [6, 6.07) is 9.86. The van der Waals surface area contributed by atoms with E-state index in [1.807, 2.05) is 37.3 Å². The van der Waals surface area contributed by atoms with Crippen molar-refractivity contribution < 1.29 is 9.53 Å². The van der Waals surface area contributed by atoms with Gasteiger partial charge in [-0.2, -0.15) is 0 Å². The third-order valence-corrected chi connectivity index (χ3v) is 2.48. The summed E-state index contributed by atoms with van der Waals surface area (Å²) in [4.78, 5) is 11.9. The van der Waals surface area contributed by atoms with Crippen LogP contribution in [0.2, 0.25) is 0 Å². The van der Waals surface area contributed by atoms with Crippen molar-refractivity contribution in [2.45, 2.75) is 33.1 Å². The minimum atomic E-state index is -0.124. The van der Waals surface area contributed by atoms with Crippen LogP contribution in [-0.4, -0.2) is 12.6 Å². The highest BCUT2D eigenvalue weighted by atomic mass is 16.5. The fraction of sp³-hybridized carbons (Fsp3) is 0.500.